The Morgan fingerprint density at radius 2 is 1.79 bits per heavy atom. The zero-order valence-corrected chi connectivity index (χ0v) is 13.9. The van der Waals surface area contributed by atoms with E-state index in [-0.39, 0.29) is 5.56 Å². The molecule has 0 aliphatic carbocycles. The number of nitrogen functional groups attached to an aromatic ring is 1. The number of anilines is 2. The van der Waals surface area contributed by atoms with Crippen molar-refractivity contribution in [2.45, 2.75) is 13.5 Å². The summed E-state index contributed by atoms with van der Waals surface area (Å²) in [6, 6.07) is 18.0. The van der Waals surface area contributed by atoms with E-state index in [1.807, 2.05) is 55.6 Å². The summed E-state index contributed by atoms with van der Waals surface area (Å²) in [5.74, 6) is 0. The predicted octanol–water partition coefficient (Wildman–Crippen LogP) is 3.56. The highest BCUT2D eigenvalue weighted by atomic mass is 16.1. The smallest absolute Gasteiger partial charge is 0.253 e. The van der Waals surface area contributed by atoms with Gasteiger partial charge < -0.3 is 15.6 Å². The van der Waals surface area contributed by atoms with Gasteiger partial charge in [0.15, 0.2) is 0 Å². The summed E-state index contributed by atoms with van der Waals surface area (Å²) in [5.41, 5.74) is 11.7. The van der Waals surface area contributed by atoms with Gasteiger partial charge in [-0.05, 0) is 41.8 Å². The summed E-state index contributed by atoms with van der Waals surface area (Å²) in [6.45, 7) is 2.54. The highest BCUT2D eigenvalue weighted by Crippen LogP contribution is 2.27. The predicted molar refractivity (Wildman–Crippen MR) is 100 cm³/mol. The van der Waals surface area contributed by atoms with Crippen LogP contribution in [-0.2, 0) is 13.6 Å². The number of nitrogens with two attached hydrogens (primary N) is 1. The highest BCUT2D eigenvalue weighted by molar-refractivity contribution is 5.76. The molecule has 3 N–H and O–H groups in total. The minimum absolute atomic E-state index is 0.0246. The van der Waals surface area contributed by atoms with Gasteiger partial charge in [-0.25, -0.2) is 0 Å². The van der Waals surface area contributed by atoms with Crippen molar-refractivity contribution in [3.05, 3.63) is 82.3 Å². The van der Waals surface area contributed by atoms with E-state index >= 15 is 0 Å². The molecular weight excluding hydrogens is 298 g/mol. The van der Waals surface area contributed by atoms with E-state index in [2.05, 4.69) is 17.4 Å². The molecule has 1 heterocycles. The van der Waals surface area contributed by atoms with Crippen molar-refractivity contribution < 1.29 is 0 Å². The van der Waals surface area contributed by atoms with Gasteiger partial charge in [-0.15, -0.1) is 0 Å². The number of hydrogen-bond donors (Lipinski definition) is 2. The molecule has 0 aliphatic heterocycles. The molecule has 0 saturated carbocycles. The molecule has 4 nitrogen and oxygen atoms in total. The second-order valence-corrected chi connectivity index (χ2v) is 5.97. The molecule has 0 radical (unpaired) electrons. The maximum absolute atomic E-state index is 11.9. The maximum atomic E-state index is 11.9. The van der Waals surface area contributed by atoms with Gasteiger partial charge in [0.25, 0.3) is 5.56 Å². The van der Waals surface area contributed by atoms with Crippen LogP contribution in [0.3, 0.4) is 0 Å². The molecule has 2 aromatic carbocycles. The van der Waals surface area contributed by atoms with Gasteiger partial charge in [0.05, 0.1) is 11.4 Å². The van der Waals surface area contributed by atoms with Crippen LogP contribution in [0, 0.1) is 6.92 Å². The zero-order valence-electron chi connectivity index (χ0n) is 13.9. The molecule has 0 bridgehead atoms. The lowest BCUT2D eigenvalue weighted by atomic mass is 10.0. The average Bonchev–Trinajstić information content (AvgIpc) is 2.59. The molecule has 0 saturated heterocycles. The van der Waals surface area contributed by atoms with E-state index in [1.54, 1.807) is 11.6 Å². The molecule has 0 fully saturated rings. The van der Waals surface area contributed by atoms with E-state index < -0.39 is 0 Å². The van der Waals surface area contributed by atoms with Crippen molar-refractivity contribution in [2.75, 3.05) is 11.1 Å². The average molecular weight is 319 g/mol. The van der Waals surface area contributed by atoms with Gasteiger partial charge in [-0.3, -0.25) is 4.79 Å². The van der Waals surface area contributed by atoms with Crippen LogP contribution in [-0.4, -0.2) is 4.57 Å². The van der Waals surface area contributed by atoms with Crippen molar-refractivity contribution in [2.24, 2.45) is 7.05 Å². The lowest BCUT2D eigenvalue weighted by Crippen LogP contribution is -2.18. The molecule has 0 spiro atoms. The Kier molecular flexibility index (Phi) is 4.38. The van der Waals surface area contributed by atoms with Crippen molar-refractivity contribution in [3.63, 3.8) is 0 Å². The van der Waals surface area contributed by atoms with E-state index in [0.717, 1.165) is 22.4 Å². The third-order valence-corrected chi connectivity index (χ3v) is 4.07. The van der Waals surface area contributed by atoms with Crippen LogP contribution < -0.4 is 16.6 Å². The summed E-state index contributed by atoms with van der Waals surface area (Å²) in [7, 11) is 1.77. The van der Waals surface area contributed by atoms with Crippen molar-refractivity contribution in [3.8, 4) is 11.1 Å². The molecule has 0 aliphatic rings. The van der Waals surface area contributed by atoms with Crippen LogP contribution in [0.15, 0.2) is 65.6 Å². The van der Waals surface area contributed by atoms with Crippen molar-refractivity contribution >= 4 is 11.4 Å². The van der Waals surface area contributed by atoms with Crippen LogP contribution >= 0.6 is 0 Å². The van der Waals surface area contributed by atoms with E-state index in [0.29, 0.717) is 12.2 Å². The van der Waals surface area contributed by atoms with E-state index in [9.17, 15) is 4.79 Å². The Hall–Kier alpha value is -3.01. The van der Waals surface area contributed by atoms with Gasteiger partial charge in [0.1, 0.15) is 0 Å². The fraction of sp³-hybridized carbons (Fsp3) is 0.150. The van der Waals surface area contributed by atoms with Crippen molar-refractivity contribution in [1.29, 1.82) is 0 Å². The topological polar surface area (TPSA) is 60.0 Å². The Labute approximate surface area is 141 Å². The molecule has 4 heteroatoms. The third-order valence-electron chi connectivity index (χ3n) is 4.07. The van der Waals surface area contributed by atoms with Gasteiger partial charge in [-0.1, -0.05) is 36.4 Å². The normalized spacial score (nSPS) is 10.6. The van der Waals surface area contributed by atoms with Crippen molar-refractivity contribution in [1.82, 2.24) is 4.57 Å². The molecule has 1 aromatic heterocycles. The molecular formula is C20H21N3O. The maximum Gasteiger partial charge on any atom is 0.253 e. The first-order valence-electron chi connectivity index (χ1n) is 7.89. The first-order valence-corrected chi connectivity index (χ1v) is 7.89. The number of pyridine rings is 1. The second kappa shape index (κ2) is 6.62. The second-order valence-electron chi connectivity index (χ2n) is 5.97. The van der Waals surface area contributed by atoms with E-state index in [1.165, 1.54) is 5.56 Å². The number of nitrogens with zero attached hydrogens (tertiary/aromatic N) is 1. The number of aromatic nitrogens is 1. The van der Waals surface area contributed by atoms with Gasteiger partial charge >= 0.3 is 0 Å². The number of rotatable bonds is 4. The van der Waals surface area contributed by atoms with Crippen LogP contribution in [0.1, 0.15) is 11.1 Å². The number of nitrogens with one attached hydrogen (secondary N) is 1. The summed E-state index contributed by atoms with van der Waals surface area (Å²) in [4.78, 5) is 11.9. The highest BCUT2D eigenvalue weighted by Gasteiger charge is 2.06. The van der Waals surface area contributed by atoms with Crippen LogP contribution in [0.4, 0.5) is 11.4 Å². The lowest BCUT2D eigenvalue weighted by Gasteiger charge is -2.13. The van der Waals surface area contributed by atoms with Crippen LogP contribution in [0.2, 0.25) is 0 Å². The third kappa shape index (κ3) is 3.33. The zero-order chi connectivity index (χ0) is 17.1. The molecule has 0 unspecified atom stereocenters. The van der Waals surface area contributed by atoms with E-state index in [4.69, 9.17) is 5.73 Å². The SMILES string of the molecule is Cc1cc(-c2ccc(N)c(NCc3ccccc3)c2)cn(C)c1=O. The Balaban J connectivity index is 1.90. The number of aryl methyl sites for hydroxylation is 2. The molecule has 3 rings (SSSR count). The summed E-state index contributed by atoms with van der Waals surface area (Å²) in [6.07, 6.45) is 1.85. The first-order chi connectivity index (χ1) is 11.5. The summed E-state index contributed by atoms with van der Waals surface area (Å²) in [5, 5.41) is 3.39. The molecule has 0 atom stereocenters. The van der Waals surface area contributed by atoms with Crippen LogP contribution in [0.25, 0.3) is 11.1 Å². The Morgan fingerprint density at radius 3 is 2.50 bits per heavy atom. The first kappa shape index (κ1) is 15.9. The monoisotopic (exact) mass is 319 g/mol. The number of hydrogen-bond acceptors (Lipinski definition) is 3. The molecule has 24 heavy (non-hydrogen) atoms. The summed E-state index contributed by atoms with van der Waals surface area (Å²) < 4.78 is 1.61. The Bertz CT molecular complexity index is 888. The van der Waals surface area contributed by atoms with Gasteiger partial charge in [0, 0.05) is 25.4 Å². The van der Waals surface area contributed by atoms with Crippen LogP contribution in [0.5, 0.6) is 0 Å². The number of benzene rings is 2. The van der Waals surface area contributed by atoms with Gasteiger partial charge in [0.2, 0.25) is 0 Å². The molecule has 122 valence electrons. The minimum Gasteiger partial charge on any atom is -0.397 e. The minimum atomic E-state index is 0.0246. The standard InChI is InChI=1S/C20H21N3O/c1-14-10-17(13-23(2)20(14)24)16-8-9-18(21)19(11-16)22-12-15-6-4-3-5-7-15/h3-11,13,22H,12,21H2,1-2H3. The summed E-state index contributed by atoms with van der Waals surface area (Å²) >= 11 is 0. The van der Waals surface area contributed by atoms with Gasteiger partial charge in [-0.2, -0.15) is 0 Å². The lowest BCUT2D eigenvalue weighted by molar-refractivity contribution is 0.851. The quantitative estimate of drug-likeness (QED) is 0.723. The Morgan fingerprint density at radius 1 is 1.04 bits per heavy atom. The fourth-order valence-corrected chi connectivity index (χ4v) is 2.72. The molecule has 3 aromatic rings. The molecule has 0 amide bonds. The fourth-order valence-electron chi connectivity index (χ4n) is 2.72. The largest absolute Gasteiger partial charge is 0.397 e.